The Morgan fingerprint density at radius 1 is 1.42 bits per heavy atom. The first kappa shape index (κ1) is 9.90. The van der Waals surface area contributed by atoms with E-state index in [1.54, 1.807) is 4.90 Å². The number of carbonyl (C=O) groups excluding carboxylic acids is 1. The molecule has 0 unspecified atom stereocenters. The van der Waals surface area contributed by atoms with E-state index in [0.29, 0.717) is 0 Å². The number of rotatable bonds is 2. The molecule has 1 aliphatic rings. The molecular weight excluding hydrogens is 170 g/mol. The maximum Gasteiger partial charge on any atom is 0.278 e. The Morgan fingerprint density at radius 2 is 2.00 bits per heavy atom. The quantitative estimate of drug-likeness (QED) is 0.659. The summed E-state index contributed by atoms with van der Waals surface area (Å²) in [5, 5.41) is -0.111. The molecule has 0 aromatic carbocycles. The minimum atomic E-state index is -0.111. The highest BCUT2D eigenvalue weighted by Crippen LogP contribution is 2.24. The fraction of sp³-hybridized carbons (Fsp3) is 0.889. The first-order chi connectivity index (χ1) is 5.70. The predicted octanol–water partition coefficient (Wildman–Crippen LogP) is 2.55. The van der Waals surface area contributed by atoms with Crippen LogP contribution in [0.2, 0.25) is 0 Å². The molecule has 12 heavy (non-hydrogen) atoms. The van der Waals surface area contributed by atoms with Crippen molar-refractivity contribution in [1.29, 1.82) is 0 Å². The van der Waals surface area contributed by atoms with E-state index in [4.69, 9.17) is 0 Å². The van der Waals surface area contributed by atoms with Gasteiger partial charge in [-0.2, -0.15) is 0 Å². The van der Waals surface area contributed by atoms with Crippen LogP contribution in [0, 0.1) is 5.92 Å². The van der Waals surface area contributed by atoms with Crippen molar-refractivity contribution >= 4 is 17.9 Å². The Bertz CT molecular complexity index is 155. The molecule has 0 saturated heterocycles. The number of amides is 1. The number of nitrogens with zero attached hydrogens (tertiary/aromatic N) is 1. The van der Waals surface area contributed by atoms with Gasteiger partial charge in [0.25, 0.3) is 5.24 Å². The second-order valence-electron chi connectivity index (χ2n) is 3.67. The topological polar surface area (TPSA) is 20.3 Å². The van der Waals surface area contributed by atoms with E-state index >= 15 is 0 Å². The van der Waals surface area contributed by atoms with E-state index in [0.717, 1.165) is 12.5 Å². The second-order valence-corrected chi connectivity index (χ2v) is 4.05. The Hall–Kier alpha value is -0.180. The van der Waals surface area contributed by atoms with Gasteiger partial charge in [-0.15, -0.1) is 0 Å². The normalized spacial score (nSPS) is 19.2. The van der Waals surface area contributed by atoms with Gasteiger partial charge in [0.05, 0.1) is 0 Å². The summed E-state index contributed by atoms with van der Waals surface area (Å²) in [7, 11) is 1.82. The SMILES string of the molecule is CN(CC1CCCCC1)C(=O)S. The van der Waals surface area contributed by atoms with E-state index in [-0.39, 0.29) is 5.24 Å². The molecule has 0 heterocycles. The van der Waals surface area contributed by atoms with Gasteiger partial charge >= 0.3 is 0 Å². The second kappa shape index (κ2) is 4.75. The summed E-state index contributed by atoms with van der Waals surface area (Å²) in [4.78, 5) is 12.5. The van der Waals surface area contributed by atoms with Crippen molar-refractivity contribution in [1.82, 2.24) is 4.90 Å². The maximum absolute atomic E-state index is 10.8. The fourth-order valence-corrected chi connectivity index (χ4v) is 1.92. The van der Waals surface area contributed by atoms with Crippen LogP contribution in [-0.4, -0.2) is 23.7 Å². The standard InChI is InChI=1S/C9H17NOS/c1-10(9(11)12)7-8-5-3-2-4-6-8/h8H,2-7H2,1H3,(H,11,12). The van der Waals surface area contributed by atoms with Gasteiger partial charge in [-0.25, -0.2) is 0 Å². The van der Waals surface area contributed by atoms with Gasteiger partial charge in [0, 0.05) is 13.6 Å². The Kier molecular flexibility index (Phi) is 3.92. The van der Waals surface area contributed by atoms with Crippen LogP contribution in [0.25, 0.3) is 0 Å². The van der Waals surface area contributed by atoms with Gasteiger partial charge < -0.3 is 4.90 Å². The smallest absolute Gasteiger partial charge is 0.278 e. The Labute approximate surface area is 79.7 Å². The van der Waals surface area contributed by atoms with Crippen LogP contribution in [-0.2, 0) is 0 Å². The van der Waals surface area contributed by atoms with E-state index in [1.165, 1.54) is 32.1 Å². The molecular formula is C9H17NOS. The number of thiol groups is 1. The van der Waals surface area contributed by atoms with Crippen LogP contribution in [0.5, 0.6) is 0 Å². The monoisotopic (exact) mass is 187 g/mol. The highest BCUT2D eigenvalue weighted by atomic mass is 32.1. The predicted molar refractivity (Wildman–Crippen MR) is 53.6 cm³/mol. The molecule has 0 aromatic rings. The molecule has 0 bridgehead atoms. The summed E-state index contributed by atoms with van der Waals surface area (Å²) in [5.41, 5.74) is 0. The van der Waals surface area contributed by atoms with Crippen molar-refractivity contribution in [2.24, 2.45) is 5.92 Å². The summed E-state index contributed by atoms with van der Waals surface area (Å²) >= 11 is 3.78. The van der Waals surface area contributed by atoms with Crippen molar-refractivity contribution in [3.8, 4) is 0 Å². The fourth-order valence-electron chi connectivity index (χ4n) is 1.84. The molecule has 0 spiro atoms. The largest absolute Gasteiger partial charge is 0.337 e. The molecule has 0 aliphatic heterocycles. The molecule has 2 nitrogen and oxygen atoms in total. The van der Waals surface area contributed by atoms with Crippen molar-refractivity contribution in [3.63, 3.8) is 0 Å². The lowest BCUT2D eigenvalue weighted by molar-refractivity contribution is 0.215. The minimum absolute atomic E-state index is 0.111. The molecule has 3 heteroatoms. The van der Waals surface area contributed by atoms with E-state index in [1.807, 2.05) is 7.05 Å². The first-order valence-corrected chi connectivity index (χ1v) is 5.09. The molecule has 0 radical (unpaired) electrons. The number of hydrogen-bond acceptors (Lipinski definition) is 1. The zero-order valence-electron chi connectivity index (χ0n) is 7.62. The molecule has 1 aliphatic carbocycles. The van der Waals surface area contributed by atoms with Gasteiger partial charge in [-0.3, -0.25) is 4.79 Å². The number of carbonyl (C=O) groups is 1. The van der Waals surface area contributed by atoms with Gasteiger partial charge in [-0.1, -0.05) is 31.9 Å². The third-order valence-corrected chi connectivity index (χ3v) is 2.92. The summed E-state index contributed by atoms with van der Waals surface area (Å²) in [5.74, 6) is 0.722. The average molecular weight is 187 g/mol. The Balaban J connectivity index is 2.24. The lowest BCUT2D eigenvalue weighted by atomic mass is 9.89. The lowest BCUT2D eigenvalue weighted by Gasteiger charge is -2.25. The van der Waals surface area contributed by atoms with Crippen LogP contribution in [0.3, 0.4) is 0 Å². The van der Waals surface area contributed by atoms with E-state index in [9.17, 15) is 4.79 Å². The van der Waals surface area contributed by atoms with Crippen LogP contribution in [0.4, 0.5) is 4.79 Å². The third kappa shape index (κ3) is 3.05. The van der Waals surface area contributed by atoms with Crippen LogP contribution >= 0.6 is 12.6 Å². The highest BCUT2D eigenvalue weighted by Gasteiger charge is 2.16. The molecule has 1 fully saturated rings. The zero-order valence-corrected chi connectivity index (χ0v) is 8.52. The van der Waals surface area contributed by atoms with Crippen molar-refractivity contribution in [3.05, 3.63) is 0 Å². The van der Waals surface area contributed by atoms with Gasteiger partial charge in [0.15, 0.2) is 0 Å². The maximum atomic E-state index is 10.8. The van der Waals surface area contributed by atoms with Gasteiger partial charge in [0.1, 0.15) is 0 Å². The van der Waals surface area contributed by atoms with Crippen LogP contribution in [0.15, 0.2) is 0 Å². The summed E-state index contributed by atoms with van der Waals surface area (Å²) in [6, 6.07) is 0. The molecule has 1 saturated carbocycles. The summed E-state index contributed by atoms with van der Waals surface area (Å²) in [6.45, 7) is 0.891. The first-order valence-electron chi connectivity index (χ1n) is 4.64. The van der Waals surface area contributed by atoms with Gasteiger partial charge in [0.2, 0.25) is 0 Å². The zero-order chi connectivity index (χ0) is 8.97. The van der Waals surface area contributed by atoms with Crippen molar-refractivity contribution in [2.75, 3.05) is 13.6 Å². The molecule has 0 aromatic heterocycles. The highest BCUT2D eigenvalue weighted by molar-refractivity contribution is 7.96. The van der Waals surface area contributed by atoms with Crippen LogP contribution < -0.4 is 0 Å². The molecule has 1 rings (SSSR count). The molecule has 0 atom stereocenters. The van der Waals surface area contributed by atoms with Crippen molar-refractivity contribution < 1.29 is 4.79 Å². The molecule has 0 N–H and O–H groups in total. The lowest BCUT2D eigenvalue weighted by Crippen LogP contribution is -2.28. The average Bonchev–Trinajstić information content (AvgIpc) is 2.06. The van der Waals surface area contributed by atoms with Gasteiger partial charge in [-0.05, 0) is 18.8 Å². The molecule has 70 valence electrons. The number of hydrogen-bond donors (Lipinski definition) is 1. The Morgan fingerprint density at radius 3 is 2.50 bits per heavy atom. The van der Waals surface area contributed by atoms with E-state index < -0.39 is 0 Å². The third-order valence-electron chi connectivity index (χ3n) is 2.58. The van der Waals surface area contributed by atoms with E-state index in [2.05, 4.69) is 12.6 Å². The van der Waals surface area contributed by atoms with Crippen LogP contribution in [0.1, 0.15) is 32.1 Å². The summed E-state index contributed by atoms with van der Waals surface area (Å²) in [6.07, 6.45) is 6.60. The molecule has 1 amide bonds. The summed E-state index contributed by atoms with van der Waals surface area (Å²) < 4.78 is 0. The minimum Gasteiger partial charge on any atom is -0.337 e. The van der Waals surface area contributed by atoms with Crippen molar-refractivity contribution in [2.45, 2.75) is 32.1 Å².